The van der Waals surface area contributed by atoms with Crippen LogP contribution in [-0.2, 0) is 20.6 Å². The third kappa shape index (κ3) is 6.24. The van der Waals surface area contributed by atoms with Crippen LogP contribution in [0, 0.1) is 5.92 Å². The quantitative estimate of drug-likeness (QED) is 0.464. The van der Waals surface area contributed by atoms with Crippen LogP contribution in [0.3, 0.4) is 0 Å². The van der Waals surface area contributed by atoms with E-state index in [0.29, 0.717) is 6.61 Å². The number of rotatable bonds is 9. The Morgan fingerprint density at radius 2 is 1.68 bits per heavy atom. The van der Waals surface area contributed by atoms with Crippen LogP contribution in [-0.4, -0.2) is 33.9 Å². The average molecular weight is 367 g/mol. The molecule has 0 aliphatic carbocycles. The number of benzene rings is 1. The molecule has 1 aromatic rings. The monoisotopic (exact) mass is 366 g/mol. The maximum atomic E-state index is 11.4. The minimum absolute atomic E-state index is 0.117. The molecule has 0 fully saturated rings. The smallest absolute Gasteiger partial charge is 0.192 e. The van der Waals surface area contributed by atoms with Crippen LogP contribution < -0.4 is 4.74 Å². The zero-order valence-electron chi connectivity index (χ0n) is 17.0. The van der Waals surface area contributed by atoms with Gasteiger partial charge in [-0.2, -0.15) is 0 Å². The van der Waals surface area contributed by atoms with Crippen LogP contribution in [0.1, 0.15) is 40.2 Å². The third-order valence-corrected chi connectivity index (χ3v) is 9.66. The van der Waals surface area contributed by atoms with Gasteiger partial charge in [-0.05, 0) is 42.8 Å². The Balaban J connectivity index is 2.80. The molecule has 0 bridgehead atoms. The van der Waals surface area contributed by atoms with Crippen molar-refractivity contribution in [2.24, 2.45) is 5.92 Å². The summed E-state index contributed by atoms with van der Waals surface area (Å²) in [5, 5.41) is 0.117. The molecule has 0 heterocycles. The highest BCUT2D eigenvalue weighted by Gasteiger charge is 2.40. The highest BCUT2D eigenvalue weighted by molar-refractivity contribution is 6.74. The molecule has 0 N–H and O–H groups in total. The van der Waals surface area contributed by atoms with E-state index in [0.717, 1.165) is 17.6 Å². The fraction of sp³-hybridized carbons (Fsp3) is 0.650. The fourth-order valence-corrected chi connectivity index (χ4v) is 3.83. The van der Waals surface area contributed by atoms with Crippen molar-refractivity contribution in [1.82, 2.24) is 0 Å². The summed E-state index contributed by atoms with van der Waals surface area (Å²) in [7, 11) is -0.277. The Morgan fingerprint density at radius 1 is 1.12 bits per heavy atom. The van der Waals surface area contributed by atoms with Crippen molar-refractivity contribution in [1.29, 1.82) is 0 Å². The van der Waals surface area contributed by atoms with Crippen LogP contribution in [0.25, 0.3) is 0 Å². The highest BCUT2D eigenvalue weighted by Crippen LogP contribution is 2.38. The van der Waals surface area contributed by atoms with E-state index in [2.05, 4.69) is 33.9 Å². The molecule has 5 heteroatoms. The molecule has 3 atom stereocenters. The van der Waals surface area contributed by atoms with Crippen molar-refractivity contribution in [2.75, 3.05) is 7.11 Å². The molecule has 0 saturated heterocycles. The van der Waals surface area contributed by atoms with E-state index < -0.39 is 8.32 Å². The second kappa shape index (κ2) is 8.97. The van der Waals surface area contributed by atoms with Gasteiger partial charge in [-0.1, -0.05) is 39.8 Å². The average Bonchev–Trinajstić information content (AvgIpc) is 2.53. The molecule has 0 saturated carbocycles. The minimum atomic E-state index is -1.92. The van der Waals surface area contributed by atoms with Crippen molar-refractivity contribution in [2.45, 2.75) is 71.6 Å². The van der Waals surface area contributed by atoms with Gasteiger partial charge in [-0.25, -0.2) is 0 Å². The van der Waals surface area contributed by atoms with Gasteiger partial charge in [0.1, 0.15) is 12.0 Å². The molecule has 0 unspecified atom stereocenters. The van der Waals surface area contributed by atoms with Gasteiger partial charge in [-0.3, -0.25) is 0 Å². The third-order valence-electron chi connectivity index (χ3n) is 5.08. The van der Waals surface area contributed by atoms with Gasteiger partial charge in [0.25, 0.3) is 0 Å². The first-order chi connectivity index (χ1) is 11.5. The van der Waals surface area contributed by atoms with E-state index in [9.17, 15) is 4.79 Å². The minimum Gasteiger partial charge on any atom is -0.497 e. The molecule has 1 aromatic carbocycles. The lowest BCUT2D eigenvalue weighted by molar-refractivity contribution is -0.120. The summed E-state index contributed by atoms with van der Waals surface area (Å²) < 4.78 is 17.7. The Kier molecular flexibility index (Phi) is 7.84. The largest absolute Gasteiger partial charge is 0.497 e. The molecular formula is C20H34O4Si. The van der Waals surface area contributed by atoms with Gasteiger partial charge in [-0.15, -0.1) is 0 Å². The van der Waals surface area contributed by atoms with Gasteiger partial charge in [0, 0.05) is 5.92 Å². The molecule has 142 valence electrons. The Labute approximate surface area is 154 Å². The zero-order chi connectivity index (χ0) is 19.3. The predicted molar refractivity (Wildman–Crippen MR) is 105 cm³/mol. The number of hydrogen-bond donors (Lipinski definition) is 0. The second-order valence-corrected chi connectivity index (χ2v) is 13.0. The van der Waals surface area contributed by atoms with Crippen LogP contribution in [0.4, 0.5) is 0 Å². The summed E-state index contributed by atoms with van der Waals surface area (Å²) in [5.41, 5.74) is 1.04. The van der Waals surface area contributed by atoms with Gasteiger partial charge in [0.15, 0.2) is 8.32 Å². The summed E-state index contributed by atoms with van der Waals surface area (Å²) in [6.45, 7) is 15.4. The Hall–Kier alpha value is -1.17. The van der Waals surface area contributed by atoms with E-state index in [1.54, 1.807) is 7.11 Å². The van der Waals surface area contributed by atoms with Crippen LogP contribution in [0.5, 0.6) is 5.75 Å². The lowest BCUT2D eigenvalue weighted by Gasteiger charge is -2.41. The number of carbonyl (C=O) groups excluding carboxylic acids is 1. The number of hydrogen-bond acceptors (Lipinski definition) is 4. The van der Waals surface area contributed by atoms with Gasteiger partial charge < -0.3 is 18.7 Å². The van der Waals surface area contributed by atoms with E-state index in [-0.39, 0.29) is 23.2 Å². The van der Waals surface area contributed by atoms with Crippen molar-refractivity contribution >= 4 is 14.6 Å². The summed E-state index contributed by atoms with van der Waals surface area (Å²) in [5.74, 6) is 0.592. The summed E-state index contributed by atoms with van der Waals surface area (Å²) >= 11 is 0. The predicted octanol–water partition coefficient (Wildman–Crippen LogP) is 4.83. The number of ether oxygens (including phenoxy) is 2. The summed E-state index contributed by atoms with van der Waals surface area (Å²) in [6.07, 6.45) is 0.539. The zero-order valence-corrected chi connectivity index (χ0v) is 18.0. The molecule has 0 aliphatic rings. The van der Waals surface area contributed by atoms with Gasteiger partial charge >= 0.3 is 0 Å². The van der Waals surface area contributed by atoms with Crippen LogP contribution in [0.15, 0.2) is 24.3 Å². The van der Waals surface area contributed by atoms with Crippen molar-refractivity contribution < 1.29 is 18.7 Å². The topological polar surface area (TPSA) is 44.8 Å². The van der Waals surface area contributed by atoms with Crippen LogP contribution >= 0.6 is 0 Å². The second-order valence-electron chi connectivity index (χ2n) is 8.20. The molecule has 0 aliphatic heterocycles. The first-order valence-electron chi connectivity index (χ1n) is 8.89. The molecular weight excluding hydrogens is 332 g/mol. The molecule has 0 radical (unpaired) electrons. The van der Waals surface area contributed by atoms with Gasteiger partial charge in [0.2, 0.25) is 0 Å². The van der Waals surface area contributed by atoms with Crippen molar-refractivity contribution in [3.8, 4) is 5.75 Å². The maximum absolute atomic E-state index is 11.4. The first kappa shape index (κ1) is 21.9. The molecule has 1 rings (SSSR count). The normalized spacial score (nSPS) is 16.2. The Morgan fingerprint density at radius 3 is 2.12 bits per heavy atom. The van der Waals surface area contributed by atoms with Crippen LogP contribution in [0.2, 0.25) is 18.1 Å². The Bertz CT molecular complexity index is 534. The number of aldehydes is 1. The summed E-state index contributed by atoms with van der Waals surface area (Å²) in [4.78, 5) is 11.4. The van der Waals surface area contributed by atoms with E-state index in [1.807, 2.05) is 38.1 Å². The number of methoxy groups -OCH3 is 1. The summed E-state index contributed by atoms with van der Waals surface area (Å²) in [6, 6.07) is 7.76. The fourth-order valence-electron chi connectivity index (χ4n) is 2.41. The van der Waals surface area contributed by atoms with E-state index >= 15 is 0 Å². The van der Waals surface area contributed by atoms with Crippen molar-refractivity contribution in [3.63, 3.8) is 0 Å². The lowest BCUT2D eigenvalue weighted by atomic mass is 10.0. The molecule has 0 spiro atoms. The molecule has 4 nitrogen and oxygen atoms in total. The van der Waals surface area contributed by atoms with E-state index in [4.69, 9.17) is 13.9 Å². The molecule has 0 aromatic heterocycles. The molecule has 0 amide bonds. The van der Waals surface area contributed by atoms with Crippen molar-refractivity contribution in [3.05, 3.63) is 29.8 Å². The van der Waals surface area contributed by atoms with Gasteiger partial charge in [0.05, 0.1) is 25.9 Å². The number of carbonyl (C=O) groups is 1. The van der Waals surface area contributed by atoms with E-state index in [1.165, 1.54) is 0 Å². The molecule has 25 heavy (non-hydrogen) atoms. The lowest BCUT2D eigenvalue weighted by Crippen LogP contribution is -2.48. The standard InChI is InChI=1S/C20H34O4Si/c1-15(13-21)19(16(2)24-25(7,8)20(3,4)5)23-14-17-9-11-18(22-6)12-10-17/h9-13,15-16,19H,14H2,1-8H3/t15-,16-,19+/m0/s1. The highest BCUT2D eigenvalue weighted by atomic mass is 28.4. The maximum Gasteiger partial charge on any atom is 0.192 e. The first-order valence-corrected chi connectivity index (χ1v) is 11.8. The SMILES string of the molecule is COc1ccc(CO[C@@H]([C@H](C)O[Si](C)(C)C(C)(C)C)[C@@H](C)C=O)cc1.